The van der Waals surface area contributed by atoms with E-state index in [1.165, 1.54) is 0 Å². The molecule has 0 saturated carbocycles. The molecule has 2 nitrogen and oxygen atoms in total. The monoisotopic (exact) mass is 173 g/mol. The SMILES string of the molecule is C=CCOc1ccc(C)cc1C#N. The van der Waals surface area contributed by atoms with Crippen LogP contribution in [0.4, 0.5) is 0 Å². The van der Waals surface area contributed by atoms with E-state index >= 15 is 0 Å². The second-order valence-electron chi connectivity index (χ2n) is 2.71. The Balaban J connectivity index is 2.94. The summed E-state index contributed by atoms with van der Waals surface area (Å²) < 4.78 is 5.29. The normalized spacial score (nSPS) is 8.92. The van der Waals surface area contributed by atoms with Gasteiger partial charge in [0.05, 0.1) is 5.56 Å². The van der Waals surface area contributed by atoms with Gasteiger partial charge in [0.15, 0.2) is 0 Å². The minimum absolute atomic E-state index is 0.428. The van der Waals surface area contributed by atoms with E-state index in [1.807, 2.05) is 13.0 Å². The van der Waals surface area contributed by atoms with Crippen molar-refractivity contribution in [1.29, 1.82) is 5.26 Å². The topological polar surface area (TPSA) is 33.0 Å². The Bertz CT molecular complexity index is 350. The van der Waals surface area contributed by atoms with Gasteiger partial charge in [-0.3, -0.25) is 0 Å². The van der Waals surface area contributed by atoms with Crippen LogP contribution in [0.2, 0.25) is 0 Å². The van der Waals surface area contributed by atoms with E-state index in [0.717, 1.165) is 5.56 Å². The molecule has 0 unspecified atom stereocenters. The quantitative estimate of drug-likeness (QED) is 0.657. The number of aryl methyl sites for hydroxylation is 1. The Morgan fingerprint density at radius 3 is 3.00 bits per heavy atom. The van der Waals surface area contributed by atoms with Crippen molar-refractivity contribution < 1.29 is 4.74 Å². The highest BCUT2D eigenvalue weighted by Gasteiger charge is 2.01. The first-order valence-corrected chi connectivity index (χ1v) is 4.02. The number of benzene rings is 1. The minimum atomic E-state index is 0.428. The Labute approximate surface area is 78.1 Å². The van der Waals surface area contributed by atoms with Crippen molar-refractivity contribution in [3.63, 3.8) is 0 Å². The highest BCUT2D eigenvalue weighted by molar-refractivity contribution is 5.45. The van der Waals surface area contributed by atoms with Crippen molar-refractivity contribution in [1.82, 2.24) is 0 Å². The van der Waals surface area contributed by atoms with Gasteiger partial charge in [0.1, 0.15) is 18.4 Å². The Morgan fingerprint density at radius 2 is 2.38 bits per heavy atom. The largest absolute Gasteiger partial charge is 0.488 e. The van der Waals surface area contributed by atoms with Crippen LogP contribution in [-0.2, 0) is 0 Å². The fraction of sp³-hybridized carbons (Fsp3) is 0.182. The van der Waals surface area contributed by atoms with E-state index in [9.17, 15) is 0 Å². The molecule has 0 aliphatic rings. The van der Waals surface area contributed by atoms with Crippen molar-refractivity contribution in [2.45, 2.75) is 6.92 Å². The van der Waals surface area contributed by atoms with E-state index in [4.69, 9.17) is 10.00 Å². The summed E-state index contributed by atoms with van der Waals surface area (Å²) in [6, 6.07) is 7.61. The molecule has 1 aromatic carbocycles. The number of ether oxygens (including phenoxy) is 1. The molecule has 0 heterocycles. The summed E-state index contributed by atoms with van der Waals surface area (Å²) in [7, 11) is 0. The number of hydrogen-bond acceptors (Lipinski definition) is 2. The number of nitriles is 1. The molecule has 0 spiro atoms. The molecule has 0 aromatic heterocycles. The highest BCUT2D eigenvalue weighted by atomic mass is 16.5. The molecule has 0 saturated heterocycles. The average Bonchev–Trinajstić information content (AvgIpc) is 2.16. The van der Waals surface area contributed by atoms with E-state index in [0.29, 0.717) is 17.9 Å². The van der Waals surface area contributed by atoms with Gasteiger partial charge in [0.25, 0.3) is 0 Å². The van der Waals surface area contributed by atoms with Gasteiger partial charge in [0.2, 0.25) is 0 Å². The zero-order valence-electron chi connectivity index (χ0n) is 7.58. The van der Waals surface area contributed by atoms with E-state index < -0.39 is 0 Å². The van der Waals surface area contributed by atoms with E-state index in [-0.39, 0.29) is 0 Å². The van der Waals surface area contributed by atoms with Gasteiger partial charge in [-0.15, -0.1) is 0 Å². The zero-order valence-corrected chi connectivity index (χ0v) is 7.58. The zero-order chi connectivity index (χ0) is 9.68. The predicted octanol–water partition coefficient (Wildman–Crippen LogP) is 2.43. The molecule has 0 radical (unpaired) electrons. The molecule has 13 heavy (non-hydrogen) atoms. The maximum absolute atomic E-state index is 8.79. The number of hydrogen-bond donors (Lipinski definition) is 0. The summed E-state index contributed by atoms with van der Waals surface area (Å²) in [5.74, 6) is 0.619. The van der Waals surface area contributed by atoms with Crippen LogP contribution in [-0.4, -0.2) is 6.61 Å². The third-order valence-corrected chi connectivity index (χ3v) is 1.61. The highest BCUT2D eigenvalue weighted by Crippen LogP contribution is 2.18. The summed E-state index contributed by atoms with van der Waals surface area (Å²) in [6.45, 7) is 5.91. The van der Waals surface area contributed by atoms with Crippen molar-refractivity contribution in [2.75, 3.05) is 6.61 Å². The Morgan fingerprint density at radius 1 is 1.62 bits per heavy atom. The van der Waals surface area contributed by atoms with E-state index in [2.05, 4.69) is 12.6 Å². The molecular formula is C11H11NO. The Hall–Kier alpha value is -1.75. The van der Waals surface area contributed by atoms with Crippen LogP contribution < -0.4 is 4.74 Å². The van der Waals surface area contributed by atoms with Gasteiger partial charge >= 0.3 is 0 Å². The third-order valence-electron chi connectivity index (χ3n) is 1.61. The lowest BCUT2D eigenvalue weighted by Crippen LogP contribution is -1.95. The fourth-order valence-corrected chi connectivity index (χ4v) is 1.01. The summed E-state index contributed by atoms with van der Waals surface area (Å²) in [4.78, 5) is 0. The second-order valence-corrected chi connectivity index (χ2v) is 2.71. The van der Waals surface area contributed by atoms with Crippen LogP contribution >= 0.6 is 0 Å². The van der Waals surface area contributed by atoms with Gasteiger partial charge in [-0.2, -0.15) is 5.26 Å². The van der Waals surface area contributed by atoms with Crippen molar-refractivity contribution in [2.24, 2.45) is 0 Å². The average molecular weight is 173 g/mol. The number of rotatable bonds is 3. The molecule has 2 heteroatoms. The predicted molar refractivity (Wildman–Crippen MR) is 51.6 cm³/mol. The van der Waals surface area contributed by atoms with Crippen LogP contribution in [0, 0.1) is 18.3 Å². The summed E-state index contributed by atoms with van der Waals surface area (Å²) >= 11 is 0. The molecule has 1 aromatic rings. The van der Waals surface area contributed by atoms with Crippen LogP contribution in [0.25, 0.3) is 0 Å². The molecule has 0 N–H and O–H groups in total. The first kappa shape index (κ1) is 9.34. The third kappa shape index (κ3) is 2.34. The van der Waals surface area contributed by atoms with Crippen molar-refractivity contribution in [3.8, 4) is 11.8 Å². The molecule has 66 valence electrons. The molecule has 0 aliphatic heterocycles. The first-order valence-electron chi connectivity index (χ1n) is 4.02. The van der Waals surface area contributed by atoms with Gasteiger partial charge in [-0.25, -0.2) is 0 Å². The molecule has 0 aliphatic carbocycles. The van der Waals surface area contributed by atoms with Crippen LogP contribution in [0.3, 0.4) is 0 Å². The smallest absolute Gasteiger partial charge is 0.137 e. The maximum Gasteiger partial charge on any atom is 0.137 e. The van der Waals surface area contributed by atoms with Gasteiger partial charge in [-0.1, -0.05) is 18.7 Å². The summed E-state index contributed by atoms with van der Waals surface area (Å²) in [5, 5.41) is 8.79. The standard InChI is InChI=1S/C11H11NO/c1-3-6-13-11-5-4-9(2)7-10(11)8-12/h3-5,7H,1,6H2,2H3. The first-order chi connectivity index (χ1) is 6.27. The van der Waals surface area contributed by atoms with Crippen molar-refractivity contribution in [3.05, 3.63) is 42.0 Å². The lowest BCUT2D eigenvalue weighted by molar-refractivity contribution is 0.362. The van der Waals surface area contributed by atoms with Gasteiger partial charge in [-0.05, 0) is 24.6 Å². The van der Waals surface area contributed by atoms with Crippen LogP contribution in [0.15, 0.2) is 30.9 Å². The molecule has 1 rings (SSSR count). The minimum Gasteiger partial charge on any atom is -0.488 e. The molecule has 0 amide bonds. The van der Waals surface area contributed by atoms with Gasteiger partial charge in [0, 0.05) is 0 Å². The van der Waals surface area contributed by atoms with Gasteiger partial charge < -0.3 is 4.74 Å². The second kappa shape index (κ2) is 4.32. The lowest BCUT2D eigenvalue weighted by atomic mass is 10.1. The van der Waals surface area contributed by atoms with E-state index in [1.54, 1.807) is 18.2 Å². The molecule has 0 bridgehead atoms. The fourth-order valence-electron chi connectivity index (χ4n) is 1.01. The Kier molecular flexibility index (Phi) is 3.10. The van der Waals surface area contributed by atoms with Crippen LogP contribution in [0.5, 0.6) is 5.75 Å². The molecule has 0 fully saturated rings. The summed E-state index contributed by atoms with van der Waals surface area (Å²) in [6.07, 6.45) is 1.65. The maximum atomic E-state index is 8.79. The van der Waals surface area contributed by atoms with Crippen molar-refractivity contribution >= 4 is 0 Å². The molecule has 0 atom stereocenters. The molecular weight excluding hydrogens is 162 g/mol. The summed E-state index contributed by atoms with van der Waals surface area (Å²) in [5.41, 5.74) is 1.63. The number of nitrogens with zero attached hydrogens (tertiary/aromatic N) is 1. The lowest BCUT2D eigenvalue weighted by Gasteiger charge is -2.05. The van der Waals surface area contributed by atoms with Crippen LogP contribution in [0.1, 0.15) is 11.1 Å².